The Kier molecular flexibility index (Phi) is 14.6. The first-order valence-electron chi connectivity index (χ1n) is 20.2. The molecule has 1 saturated heterocycles. The number of piperazine rings is 1. The topological polar surface area (TPSA) is 160 Å². The van der Waals surface area contributed by atoms with Gasteiger partial charge in [0.15, 0.2) is 0 Å². The van der Waals surface area contributed by atoms with E-state index in [2.05, 4.69) is 20.5 Å². The first kappa shape index (κ1) is 42.3. The van der Waals surface area contributed by atoms with Crippen molar-refractivity contribution in [3.63, 3.8) is 0 Å². The van der Waals surface area contributed by atoms with Gasteiger partial charge in [-0.05, 0) is 86.3 Å². The molecule has 0 unspecified atom stereocenters. The second-order valence-electron chi connectivity index (χ2n) is 16.5. The maximum Gasteiger partial charge on any atom is 0.410 e. The smallest absolute Gasteiger partial charge is 0.410 e. The zero-order chi connectivity index (χ0) is 40.3. The van der Waals surface area contributed by atoms with E-state index < -0.39 is 11.2 Å². The molecule has 2 aliphatic rings. The number of rotatable bonds is 14. The average Bonchev–Trinajstić information content (AvgIpc) is 3.61. The van der Waals surface area contributed by atoms with Crippen LogP contribution in [0.25, 0.3) is 10.9 Å². The molecule has 3 amide bonds. The van der Waals surface area contributed by atoms with Crippen LogP contribution in [-0.4, -0.2) is 128 Å². The van der Waals surface area contributed by atoms with Crippen molar-refractivity contribution < 1.29 is 28.6 Å². The number of fused-ring (bicyclic) bond motifs is 1. The molecule has 56 heavy (non-hydrogen) atoms. The van der Waals surface area contributed by atoms with Gasteiger partial charge in [0.1, 0.15) is 22.7 Å². The Bertz CT molecular complexity index is 1740. The molecule has 1 N–H and O–H groups in total. The van der Waals surface area contributed by atoms with Crippen molar-refractivity contribution in [2.45, 2.75) is 124 Å². The zero-order valence-corrected chi connectivity index (χ0v) is 34.5. The first-order valence-corrected chi connectivity index (χ1v) is 20.2. The molecule has 16 heteroatoms. The molecule has 1 aromatic carbocycles. The van der Waals surface area contributed by atoms with Gasteiger partial charge in [0.05, 0.1) is 24.9 Å². The molecule has 0 bridgehead atoms. The number of aryl methyl sites for hydroxylation is 1. The third-order valence-corrected chi connectivity index (χ3v) is 9.64. The van der Waals surface area contributed by atoms with Crippen LogP contribution in [-0.2, 0) is 27.3 Å². The lowest BCUT2D eigenvalue weighted by molar-refractivity contribution is 0.00993. The fourth-order valence-corrected chi connectivity index (χ4v) is 7.01. The number of benzene rings is 1. The minimum Gasteiger partial charge on any atom is -0.450 e. The van der Waals surface area contributed by atoms with Gasteiger partial charge in [-0.25, -0.2) is 19.4 Å². The van der Waals surface area contributed by atoms with E-state index in [0.717, 1.165) is 48.1 Å². The lowest BCUT2D eigenvalue weighted by Gasteiger charge is -2.36. The molecule has 1 saturated carbocycles. The number of anilines is 2. The summed E-state index contributed by atoms with van der Waals surface area (Å²) in [7, 11) is 0. The highest BCUT2D eigenvalue weighted by Crippen LogP contribution is 2.27. The van der Waals surface area contributed by atoms with Crippen LogP contribution in [0.2, 0.25) is 0 Å². The molecule has 2 fully saturated rings. The predicted octanol–water partition coefficient (Wildman–Crippen LogP) is 6.70. The summed E-state index contributed by atoms with van der Waals surface area (Å²) < 4.78 is 18.5. The summed E-state index contributed by atoms with van der Waals surface area (Å²) in [6, 6.07) is 8.05. The molecule has 1 aliphatic carbocycles. The van der Waals surface area contributed by atoms with E-state index in [4.69, 9.17) is 24.2 Å². The Morgan fingerprint density at radius 2 is 1.54 bits per heavy atom. The van der Waals surface area contributed by atoms with E-state index >= 15 is 0 Å². The lowest BCUT2D eigenvalue weighted by Crippen LogP contribution is -2.49. The monoisotopic (exact) mass is 778 g/mol. The second-order valence-corrected chi connectivity index (χ2v) is 16.5. The van der Waals surface area contributed by atoms with Crippen molar-refractivity contribution in [2.24, 2.45) is 0 Å². The van der Waals surface area contributed by atoms with Gasteiger partial charge in [0.2, 0.25) is 5.95 Å². The van der Waals surface area contributed by atoms with Gasteiger partial charge in [-0.15, -0.1) is 5.10 Å². The third kappa shape index (κ3) is 12.6. The van der Waals surface area contributed by atoms with E-state index in [9.17, 15) is 14.4 Å². The summed E-state index contributed by atoms with van der Waals surface area (Å²) in [5, 5.41) is 13.0. The summed E-state index contributed by atoms with van der Waals surface area (Å²) in [5.74, 6) is 1.29. The minimum absolute atomic E-state index is 0.152. The maximum atomic E-state index is 13.3. The molecular weight excluding hydrogens is 717 g/mol. The second kappa shape index (κ2) is 19.3. The fraction of sp³-hybridized carbons (Fsp3) is 0.675. The molecule has 2 aromatic heterocycles. The molecule has 16 nitrogen and oxygen atoms in total. The number of nitrogens with one attached hydrogen (secondary N) is 1. The highest BCUT2D eigenvalue weighted by Gasteiger charge is 2.30. The largest absolute Gasteiger partial charge is 0.450 e. The Morgan fingerprint density at radius 3 is 2.23 bits per heavy atom. The van der Waals surface area contributed by atoms with Gasteiger partial charge < -0.3 is 39.1 Å². The number of hydrogen-bond acceptors (Lipinski definition) is 12. The summed E-state index contributed by atoms with van der Waals surface area (Å²) in [5.41, 5.74) is 0.322. The number of carbonyl (C=O) groups excluding carboxylic acids is 3. The van der Waals surface area contributed by atoms with Gasteiger partial charge in [-0.3, -0.25) is 4.68 Å². The van der Waals surface area contributed by atoms with Crippen molar-refractivity contribution in [1.29, 1.82) is 0 Å². The molecule has 1 aliphatic heterocycles. The highest BCUT2D eigenvalue weighted by atomic mass is 16.6. The summed E-state index contributed by atoms with van der Waals surface area (Å²) in [6.45, 7) is 18.1. The molecule has 0 radical (unpaired) electrons. The molecule has 308 valence electrons. The summed E-state index contributed by atoms with van der Waals surface area (Å²) in [4.78, 5) is 55.9. The number of amides is 3. The standard InChI is InChI=1S/C40H62N10O6/c1-8-54-36(51)48-26-24-46(25-27-48)34-32-18-12-13-19-33(32)42-35(43-34)41-28-30-29-49(45-44-30)22-14-20-47(37(52)55-39(2,3)4)21-15-23-50(31-16-10-9-11-17-31)38(53)56-40(5,6)7/h12-13,18-19,29,31H,8-11,14-17,20-28H2,1-7H3,(H,41,42,43). The van der Waals surface area contributed by atoms with Gasteiger partial charge in [0, 0.05) is 63.8 Å². The van der Waals surface area contributed by atoms with Crippen LogP contribution < -0.4 is 10.2 Å². The molecular formula is C40H62N10O6. The summed E-state index contributed by atoms with van der Waals surface area (Å²) in [6.07, 6.45) is 7.50. The van der Waals surface area contributed by atoms with Gasteiger partial charge >= 0.3 is 18.3 Å². The first-order chi connectivity index (χ1) is 26.7. The van der Waals surface area contributed by atoms with Crippen molar-refractivity contribution >= 4 is 40.9 Å². The minimum atomic E-state index is -0.637. The summed E-state index contributed by atoms with van der Waals surface area (Å²) >= 11 is 0. The Hall–Kier alpha value is -4.89. The maximum absolute atomic E-state index is 13.3. The number of ether oxygens (including phenoxy) is 3. The van der Waals surface area contributed by atoms with Crippen LogP contribution in [0.15, 0.2) is 30.5 Å². The van der Waals surface area contributed by atoms with E-state index in [-0.39, 0.29) is 24.3 Å². The SMILES string of the molecule is CCOC(=O)N1CCN(c2nc(NCc3cn(CCCN(CCCN(C(=O)OC(C)(C)C)C4CCCCC4)C(=O)OC(C)(C)C)nn3)nc3ccccc23)CC1. The van der Waals surface area contributed by atoms with Crippen LogP contribution >= 0.6 is 0 Å². The molecule has 3 heterocycles. The van der Waals surface area contributed by atoms with Crippen LogP contribution in [0, 0.1) is 0 Å². The molecule has 0 spiro atoms. The quantitative estimate of drug-likeness (QED) is 0.173. The third-order valence-electron chi connectivity index (χ3n) is 9.64. The predicted molar refractivity (Wildman–Crippen MR) is 215 cm³/mol. The fourth-order valence-electron chi connectivity index (χ4n) is 7.01. The van der Waals surface area contributed by atoms with E-state index in [1.54, 1.807) is 14.5 Å². The van der Waals surface area contributed by atoms with Gasteiger partial charge in [0.25, 0.3) is 0 Å². The number of para-hydroxylation sites is 1. The Morgan fingerprint density at radius 1 is 0.857 bits per heavy atom. The Balaban J connectivity index is 1.16. The lowest BCUT2D eigenvalue weighted by atomic mass is 9.94. The molecule has 3 aromatic rings. The van der Waals surface area contributed by atoms with Gasteiger partial charge in [-0.1, -0.05) is 36.6 Å². The van der Waals surface area contributed by atoms with Crippen molar-refractivity contribution in [3.05, 3.63) is 36.2 Å². The number of carbonyl (C=O) groups is 3. The van der Waals surface area contributed by atoms with Crippen molar-refractivity contribution in [3.8, 4) is 0 Å². The van der Waals surface area contributed by atoms with Crippen LogP contribution in [0.1, 0.15) is 99.1 Å². The van der Waals surface area contributed by atoms with E-state index in [1.165, 1.54) is 6.42 Å². The van der Waals surface area contributed by atoms with Crippen LogP contribution in [0.5, 0.6) is 0 Å². The number of nitrogens with zero attached hydrogens (tertiary/aromatic N) is 9. The number of aromatic nitrogens is 5. The van der Waals surface area contributed by atoms with Crippen molar-refractivity contribution in [2.75, 3.05) is 62.6 Å². The average molecular weight is 779 g/mol. The van der Waals surface area contributed by atoms with Crippen LogP contribution in [0.4, 0.5) is 26.1 Å². The molecule has 0 atom stereocenters. The highest BCUT2D eigenvalue weighted by molar-refractivity contribution is 5.90. The van der Waals surface area contributed by atoms with Gasteiger partial charge in [-0.2, -0.15) is 4.98 Å². The Labute approximate surface area is 331 Å². The molecule has 5 rings (SSSR count). The van der Waals surface area contributed by atoms with E-state index in [0.29, 0.717) is 84.3 Å². The normalized spacial score (nSPS) is 15.4. The van der Waals surface area contributed by atoms with Crippen LogP contribution in [0.3, 0.4) is 0 Å². The van der Waals surface area contributed by atoms with Crippen molar-refractivity contribution in [1.82, 2.24) is 39.7 Å². The number of hydrogen-bond donors (Lipinski definition) is 1. The van der Waals surface area contributed by atoms with E-state index in [1.807, 2.05) is 83.8 Å². The zero-order valence-electron chi connectivity index (χ0n) is 34.5.